The summed E-state index contributed by atoms with van der Waals surface area (Å²) in [5.41, 5.74) is 0. The number of likely N-dealkylation sites (tertiary alicyclic amines) is 2. The van der Waals surface area contributed by atoms with Crippen molar-refractivity contribution in [1.82, 2.24) is 20.4 Å². The zero-order valence-corrected chi connectivity index (χ0v) is 14.5. The number of piperidine rings is 1. The highest BCUT2D eigenvalue weighted by Crippen LogP contribution is 2.32. The zero-order valence-electron chi connectivity index (χ0n) is 14.5. The minimum absolute atomic E-state index is 0.0439. The van der Waals surface area contributed by atoms with E-state index in [1.165, 1.54) is 38.6 Å². The second kappa shape index (κ2) is 6.90. The normalized spacial score (nSPS) is 31.1. The summed E-state index contributed by atoms with van der Waals surface area (Å²) in [5.74, 6) is 0.0439. The maximum Gasteiger partial charge on any atom is 0.318 e. The number of carbonyl (C=O) groups excluding carboxylic acids is 2. The van der Waals surface area contributed by atoms with Gasteiger partial charge in [-0.15, -0.1) is 0 Å². The van der Waals surface area contributed by atoms with E-state index in [0.29, 0.717) is 18.6 Å². The molecule has 2 heterocycles. The third kappa shape index (κ3) is 3.68. The molecule has 2 aliphatic carbocycles. The first-order valence-electron chi connectivity index (χ1n) is 9.83. The predicted molar refractivity (Wildman–Crippen MR) is 91.7 cm³/mol. The third-order valence-corrected chi connectivity index (χ3v) is 5.92. The Bertz CT molecular complexity index is 489. The molecular weight excluding hydrogens is 304 g/mol. The molecule has 0 bridgehead atoms. The molecule has 0 aromatic heterocycles. The minimum atomic E-state index is -0.267. The highest BCUT2D eigenvalue weighted by atomic mass is 16.2. The Kier molecular flexibility index (Phi) is 4.66. The first-order valence-corrected chi connectivity index (χ1v) is 9.83. The number of nitrogens with one attached hydrogen (secondary N) is 2. The number of nitrogens with zero attached hydrogens (tertiary/aromatic N) is 2. The highest BCUT2D eigenvalue weighted by Gasteiger charge is 2.38. The first kappa shape index (κ1) is 16.2. The van der Waals surface area contributed by atoms with Gasteiger partial charge in [-0.1, -0.05) is 6.42 Å². The van der Waals surface area contributed by atoms with Crippen LogP contribution < -0.4 is 10.6 Å². The smallest absolute Gasteiger partial charge is 0.318 e. The zero-order chi connectivity index (χ0) is 16.5. The lowest BCUT2D eigenvalue weighted by Crippen LogP contribution is -2.53. The van der Waals surface area contributed by atoms with E-state index in [-0.39, 0.29) is 18.0 Å². The van der Waals surface area contributed by atoms with Crippen molar-refractivity contribution in [3.63, 3.8) is 0 Å². The lowest BCUT2D eigenvalue weighted by atomic mass is 10.0. The van der Waals surface area contributed by atoms with Gasteiger partial charge in [0.2, 0.25) is 5.91 Å². The van der Waals surface area contributed by atoms with Crippen LogP contribution in [0, 0.1) is 0 Å². The Balaban J connectivity index is 1.28. The summed E-state index contributed by atoms with van der Waals surface area (Å²) >= 11 is 0. The van der Waals surface area contributed by atoms with Crippen molar-refractivity contribution in [1.29, 1.82) is 0 Å². The monoisotopic (exact) mass is 334 g/mol. The number of hydrogen-bond acceptors (Lipinski definition) is 3. The molecule has 4 fully saturated rings. The topological polar surface area (TPSA) is 64.7 Å². The largest absolute Gasteiger partial charge is 0.352 e. The molecule has 0 aromatic carbocycles. The summed E-state index contributed by atoms with van der Waals surface area (Å²) in [7, 11) is 0. The molecule has 3 amide bonds. The van der Waals surface area contributed by atoms with Crippen molar-refractivity contribution in [2.45, 2.75) is 82.0 Å². The van der Waals surface area contributed by atoms with E-state index in [4.69, 9.17) is 0 Å². The summed E-state index contributed by atoms with van der Waals surface area (Å²) in [6.07, 6.45) is 10.3. The van der Waals surface area contributed by atoms with Crippen LogP contribution >= 0.6 is 0 Å². The van der Waals surface area contributed by atoms with E-state index in [2.05, 4.69) is 15.5 Å². The average molecular weight is 334 g/mol. The fourth-order valence-electron chi connectivity index (χ4n) is 4.24. The molecular formula is C18H30N4O2. The van der Waals surface area contributed by atoms with Gasteiger partial charge in [0.15, 0.2) is 0 Å². The van der Waals surface area contributed by atoms with Gasteiger partial charge in [-0.05, 0) is 57.9 Å². The fourth-order valence-corrected chi connectivity index (χ4v) is 4.24. The molecule has 6 heteroatoms. The molecule has 2 saturated heterocycles. The predicted octanol–water partition coefficient (Wildman–Crippen LogP) is 1.46. The van der Waals surface area contributed by atoms with Crippen LogP contribution in [0.15, 0.2) is 0 Å². The van der Waals surface area contributed by atoms with E-state index >= 15 is 0 Å². The number of rotatable bonds is 5. The van der Waals surface area contributed by atoms with E-state index in [9.17, 15) is 9.59 Å². The van der Waals surface area contributed by atoms with Crippen LogP contribution in [-0.2, 0) is 4.79 Å². The molecule has 4 aliphatic rings. The Morgan fingerprint density at radius 1 is 0.917 bits per heavy atom. The number of carbonyl (C=O) groups is 2. The number of amides is 3. The summed E-state index contributed by atoms with van der Waals surface area (Å²) in [4.78, 5) is 29.3. The standard InChI is InChI=1S/C18H30N4O2/c23-17(20-13-6-7-13)16-5-3-11-22(16)18(24)19-12-15-4-1-2-10-21(15)14-8-9-14/h13-16H,1-12H2,(H,19,24)(H,20,23). The molecule has 24 heavy (non-hydrogen) atoms. The molecule has 2 aliphatic heterocycles. The lowest BCUT2D eigenvalue weighted by molar-refractivity contribution is -0.124. The molecule has 2 atom stereocenters. The van der Waals surface area contributed by atoms with E-state index in [0.717, 1.165) is 38.3 Å². The number of urea groups is 1. The summed E-state index contributed by atoms with van der Waals surface area (Å²) in [6, 6.07) is 1.28. The molecule has 2 N–H and O–H groups in total. The van der Waals surface area contributed by atoms with E-state index in [1.807, 2.05) is 0 Å². The molecule has 0 spiro atoms. The maximum atomic E-state index is 12.6. The molecule has 2 unspecified atom stereocenters. The third-order valence-electron chi connectivity index (χ3n) is 5.92. The number of hydrogen-bond donors (Lipinski definition) is 2. The van der Waals surface area contributed by atoms with E-state index in [1.54, 1.807) is 4.90 Å². The fraction of sp³-hybridized carbons (Fsp3) is 0.889. The van der Waals surface area contributed by atoms with Crippen molar-refractivity contribution >= 4 is 11.9 Å². The average Bonchev–Trinajstić information content (AvgIpc) is 3.52. The van der Waals surface area contributed by atoms with Gasteiger partial charge >= 0.3 is 6.03 Å². The Hall–Kier alpha value is -1.30. The van der Waals surface area contributed by atoms with Crippen LogP contribution in [0.1, 0.15) is 57.8 Å². The van der Waals surface area contributed by atoms with Gasteiger partial charge in [0.25, 0.3) is 0 Å². The maximum absolute atomic E-state index is 12.6. The Morgan fingerprint density at radius 3 is 2.50 bits per heavy atom. The van der Waals surface area contributed by atoms with Gasteiger partial charge in [0, 0.05) is 31.2 Å². The molecule has 4 rings (SSSR count). The summed E-state index contributed by atoms with van der Waals surface area (Å²) in [6.45, 7) is 2.61. The van der Waals surface area contributed by atoms with Crippen LogP contribution in [0.2, 0.25) is 0 Å². The van der Waals surface area contributed by atoms with Crippen LogP contribution in [0.25, 0.3) is 0 Å². The molecule has 2 saturated carbocycles. The van der Waals surface area contributed by atoms with Crippen molar-refractivity contribution < 1.29 is 9.59 Å². The van der Waals surface area contributed by atoms with Gasteiger partial charge in [-0.25, -0.2) is 4.79 Å². The SMILES string of the molecule is O=C(NC1CC1)C1CCCN1C(=O)NCC1CCCCN1C1CC1. The Morgan fingerprint density at radius 2 is 1.75 bits per heavy atom. The lowest BCUT2D eigenvalue weighted by Gasteiger charge is -2.36. The first-order chi connectivity index (χ1) is 11.7. The highest BCUT2D eigenvalue weighted by molar-refractivity contribution is 5.88. The second-order valence-electron chi connectivity index (χ2n) is 7.94. The van der Waals surface area contributed by atoms with Gasteiger partial charge in [-0.3, -0.25) is 9.69 Å². The molecule has 0 radical (unpaired) electrons. The van der Waals surface area contributed by atoms with Gasteiger partial charge < -0.3 is 15.5 Å². The Labute approximate surface area is 144 Å². The van der Waals surface area contributed by atoms with Crippen LogP contribution in [0.4, 0.5) is 4.79 Å². The minimum Gasteiger partial charge on any atom is -0.352 e. The van der Waals surface area contributed by atoms with Crippen molar-refractivity contribution in [2.75, 3.05) is 19.6 Å². The van der Waals surface area contributed by atoms with Gasteiger partial charge in [-0.2, -0.15) is 0 Å². The quantitative estimate of drug-likeness (QED) is 0.800. The van der Waals surface area contributed by atoms with E-state index < -0.39 is 0 Å². The van der Waals surface area contributed by atoms with Crippen LogP contribution in [-0.4, -0.2) is 65.5 Å². The van der Waals surface area contributed by atoms with Gasteiger partial charge in [0.1, 0.15) is 6.04 Å². The van der Waals surface area contributed by atoms with Crippen LogP contribution in [0.5, 0.6) is 0 Å². The van der Waals surface area contributed by atoms with Crippen molar-refractivity contribution in [3.8, 4) is 0 Å². The summed E-state index contributed by atoms with van der Waals surface area (Å²) in [5, 5.41) is 6.17. The van der Waals surface area contributed by atoms with Crippen LogP contribution in [0.3, 0.4) is 0 Å². The summed E-state index contributed by atoms with van der Waals surface area (Å²) < 4.78 is 0. The molecule has 6 nitrogen and oxygen atoms in total. The van der Waals surface area contributed by atoms with Gasteiger partial charge in [0.05, 0.1) is 0 Å². The second-order valence-corrected chi connectivity index (χ2v) is 7.94. The van der Waals surface area contributed by atoms with Crippen molar-refractivity contribution in [2.24, 2.45) is 0 Å². The van der Waals surface area contributed by atoms with Crippen molar-refractivity contribution in [3.05, 3.63) is 0 Å². The molecule has 0 aromatic rings. The molecule has 134 valence electrons.